The van der Waals surface area contributed by atoms with Crippen LogP contribution in [0.4, 0.5) is 0 Å². The second-order valence-electron chi connectivity index (χ2n) is 4.70. The van der Waals surface area contributed by atoms with Gasteiger partial charge in [0.25, 0.3) is 0 Å². The van der Waals surface area contributed by atoms with Crippen molar-refractivity contribution in [1.82, 2.24) is 4.31 Å². The van der Waals surface area contributed by atoms with Gasteiger partial charge in [0.05, 0.1) is 17.6 Å². The van der Waals surface area contributed by atoms with Crippen molar-refractivity contribution in [2.24, 2.45) is 0 Å². The number of aliphatic hydroxyl groups is 1. The van der Waals surface area contributed by atoms with Gasteiger partial charge in [0.15, 0.2) is 0 Å². The van der Waals surface area contributed by atoms with Gasteiger partial charge < -0.3 is 14.9 Å². The third-order valence-electron chi connectivity index (χ3n) is 3.25. The van der Waals surface area contributed by atoms with E-state index in [0.29, 0.717) is 6.42 Å². The summed E-state index contributed by atoms with van der Waals surface area (Å²) >= 11 is 0. The first-order chi connectivity index (χ1) is 9.86. The zero-order valence-electron chi connectivity index (χ0n) is 11.5. The summed E-state index contributed by atoms with van der Waals surface area (Å²) in [4.78, 5) is 11.1. The van der Waals surface area contributed by atoms with Crippen LogP contribution >= 0.6 is 0 Å². The lowest BCUT2D eigenvalue weighted by Gasteiger charge is -2.17. The highest BCUT2D eigenvalue weighted by molar-refractivity contribution is 7.89. The van der Waals surface area contributed by atoms with Crippen molar-refractivity contribution in [2.45, 2.75) is 24.3 Å². The molecule has 0 amide bonds. The van der Waals surface area contributed by atoms with Crippen LogP contribution in [0.3, 0.4) is 0 Å². The minimum atomic E-state index is -3.80. The van der Waals surface area contributed by atoms with Crippen molar-refractivity contribution in [3.05, 3.63) is 23.8 Å². The maximum Gasteiger partial charge on any atom is 0.339 e. The molecule has 1 saturated heterocycles. The SMILES string of the molecule is CCOc1ccc(S(=O)(=O)N2CC[C@H](O)C2)cc1C(=O)O. The van der Waals surface area contributed by atoms with Crippen molar-refractivity contribution in [3.8, 4) is 5.75 Å². The van der Waals surface area contributed by atoms with Crippen LogP contribution < -0.4 is 4.74 Å². The summed E-state index contributed by atoms with van der Waals surface area (Å²) in [5, 5.41) is 18.6. The molecule has 0 spiro atoms. The number of nitrogens with zero attached hydrogens (tertiary/aromatic N) is 1. The molecule has 1 aromatic rings. The number of benzene rings is 1. The van der Waals surface area contributed by atoms with Crippen LogP contribution in [-0.2, 0) is 10.0 Å². The first kappa shape index (κ1) is 15.7. The zero-order chi connectivity index (χ0) is 15.6. The van der Waals surface area contributed by atoms with E-state index in [1.807, 2.05) is 0 Å². The summed E-state index contributed by atoms with van der Waals surface area (Å²) in [5.74, 6) is -1.12. The lowest BCUT2D eigenvalue weighted by molar-refractivity contribution is 0.0692. The molecule has 116 valence electrons. The molecule has 8 heteroatoms. The van der Waals surface area contributed by atoms with Crippen LogP contribution in [0.2, 0.25) is 0 Å². The summed E-state index contributed by atoms with van der Waals surface area (Å²) in [6, 6.07) is 3.75. The molecule has 0 aliphatic carbocycles. The summed E-state index contributed by atoms with van der Waals surface area (Å²) in [5.41, 5.74) is -0.197. The molecule has 1 fully saturated rings. The van der Waals surface area contributed by atoms with E-state index in [1.54, 1.807) is 6.92 Å². The van der Waals surface area contributed by atoms with Crippen LogP contribution in [0.1, 0.15) is 23.7 Å². The highest BCUT2D eigenvalue weighted by Gasteiger charge is 2.32. The van der Waals surface area contributed by atoms with Crippen molar-refractivity contribution in [2.75, 3.05) is 19.7 Å². The third kappa shape index (κ3) is 3.17. The van der Waals surface area contributed by atoms with E-state index < -0.39 is 22.1 Å². The minimum Gasteiger partial charge on any atom is -0.493 e. The van der Waals surface area contributed by atoms with E-state index in [-0.39, 0.29) is 35.9 Å². The molecule has 7 nitrogen and oxygen atoms in total. The molecule has 2 N–H and O–H groups in total. The Morgan fingerprint density at radius 2 is 2.19 bits per heavy atom. The molecular weight excluding hydrogens is 298 g/mol. The number of carboxylic acid groups (broad SMARTS) is 1. The van der Waals surface area contributed by atoms with Gasteiger partial charge in [-0.2, -0.15) is 4.31 Å². The van der Waals surface area contributed by atoms with E-state index in [0.717, 1.165) is 10.4 Å². The Bertz CT molecular complexity index is 642. The monoisotopic (exact) mass is 315 g/mol. The molecule has 2 rings (SSSR count). The molecule has 21 heavy (non-hydrogen) atoms. The fourth-order valence-electron chi connectivity index (χ4n) is 2.20. The van der Waals surface area contributed by atoms with Gasteiger partial charge in [-0.1, -0.05) is 0 Å². The lowest BCUT2D eigenvalue weighted by Crippen LogP contribution is -2.29. The molecule has 0 bridgehead atoms. The topological polar surface area (TPSA) is 104 Å². The average Bonchev–Trinajstić information content (AvgIpc) is 2.86. The molecule has 0 saturated carbocycles. The highest BCUT2D eigenvalue weighted by Crippen LogP contribution is 2.26. The number of hydrogen-bond acceptors (Lipinski definition) is 5. The Morgan fingerprint density at radius 1 is 1.48 bits per heavy atom. The Morgan fingerprint density at radius 3 is 2.71 bits per heavy atom. The number of ether oxygens (including phenoxy) is 1. The second kappa shape index (κ2) is 6.00. The second-order valence-corrected chi connectivity index (χ2v) is 6.64. The fourth-order valence-corrected chi connectivity index (χ4v) is 3.72. The van der Waals surface area contributed by atoms with E-state index in [4.69, 9.17) is 9.84 Å². The molecule has 0 radical (unpaired) electrons. The number of aliphatic hydroxyl groups excluding tert-OH is 1. The number of hydrogen-bond donors (Lipinski definition) is 2. The molecule has 1 heterocycles. The summed E-state index contributed by atoms with van der Waals surface area (Å²) < 4.78 is 31.1. The molecule has 1 atom stereocenters. The van der Waals surface area contributed by atoms with Gasteiger partial charge in [-0.25, -0.2) is 13.2 Å². The standard InChI is InChI=1S/C13H17NO6S/c1-2-20-12-4-3-10(7-11(12)13(16)17)21(18,19)14-6-5-9(15)8-14/h3-4,7,9,15H,2,5-6,8H2,1H3,(H,16,17)/t9-/m0/s1. The molecule has 1 aromatic carbocycles. The van der Waals surface area contributed by atoms with E-state index in [2.05, 4.69) is 0 Å². The summed E-state index contributed by atoms with van der Waals surface area (Å²) in [7, 11) is -3.80. The van der Waals surface area contributed by atoms with Gasteiger partial charge in [0.1, 0.15) is 11.3 Å². The van der Waals surface area contributed by atoms with Crippen LogP contribution in [0.15, 0.2) is 23.1 Å². The Labute approximate surface area is 122 Å². The largest absolute Gasteiger partial charge is 0.493 e. The predicted molar refractivity (Wildman–Crippen MR) is 74.0 cm³/mol. The normalized spacial score (nSPS) is 19.6. The Kier molecular flexibility index (Phi) is 4.50. The first-order valence-corrected chi connectivity index (χ1v) is 7.98. The number of carboxylic acids is 1. The Balaban J connectivity index is 2.40. The number of β-amino-alcohol motifs (C(OH)–C–C–N with tert-alkyl or cyclic N) is 1. The summed E-state index contributed by atoms with van der Waals surface area (Å²) in [6.07, 6.45) is -0.302. The zero-order valence-corrected chi connectivity index (χ0v) is 12.3. The van der Waals surface area contributed by atoms with Gasteiger partial charge in [0.2, 0.25) is 10.0 Å². The van der Waals surface area contributed by atoms with Crippen molar-refractivity contribution >= 4 is 16.0 Å². The van der Waals surface area contributed by atoms with Gasteiger partial charge in [-0.3, -0.25) is 0 Å². The smallest absolute Gasteiger partial charge is 0.339 e. The van der Waals surface area contributed by atoms with Gasteiger partial charge in [-0.15, -0.1) is 0 Å². The fraction of sp³-hybridized carbons (Fsp3) is 0.462. The van der Waals surface area contributed by atoms with Gasteiger partial charge >= 0.3 is 5.97 Å². The molecule has 0 unspecified atom stereocenters. The highest BCUT2D eigenvalue weighted by atomic mass is 32.2. The molecule has 1 aliphatic rings. The summed E-state index contributed by atoms with van der Waals surface area (Å²) in [6.45, 7) is 2.24. The quantitative estimate of drug-likeness (QED) is 0.822. The van der Waals surface area contributed by atoms with Crippen molar-refractivity contribution < 1.29 is 28.2 Å². The van der Waals surface area contributed by atoms with Gasteiger partial charge in [-0.05, 0) is 31.5 Å². The average molecular weight is 315 g/mol. The van der Waals surface area contributed by atoms with Gasteiger partial charge in [0, 0.05) is 13.1 Å². The number of carbonyl (C=O) groups is 1. The molecule has 0 aromatic heterocycles. The maximum atomic E-state index is 12.4. The molecule has 1 aliphatic heterocycles. The lowest BCUT2D eigenvalue weighted by atomic mass is 10.2. The van der Waals surface area contributed by atoms with E-state index in [9.17, 15) is 18.3 Å². The van der Waals surface area contributed by atoms with Crippen LogP contribution in [0.5, 0.6) is 5.75 Å². The van der Waals surface area contributed by atoms with Crippen molar-refractivity contribution in [3.63, 3.8) is 0 Å². The van der Waals surface area contributed by atoms with Crippen molar-refractivity contribution in [1.29, 1.82) is 0 Å². The maximum absolute atomic E-state index is 12.4. The number of aromatic carboxylic acids is 1. The Hall–Kier alpha value is -1.64. The van der Waals surface area contributed by atoms with Crippen LogP contribution in [-0.4, -0.2) is 54.7 Å². The van der Waals surface area contributed by atoms with Crippen LogP contribution in [0.25, 0.3) is 0 Å². The predicted octanol–water partition coefficient (Wildman–Crippen LogP) is 0.539. The molecular formula is C13H17NO6S. The number of rotatable bonds is 5. The minimum absolute atomic E-state index is 0.0257. The van der Waals surface area contributed by atoms with Crippen LogP contribution in [0, 0.1) is 0 Å². The van der Waals surface area contributed by atoms with E-state index >= 15 is 0 Å². The first-order valence-electron chi connectivity index (χ1n) is 6.54. The van der Waals surface area contributed by atoms with E-state index in [1.165, 1.54) is 12.1 Å². The third-order valence-corrected chi connectivity index (χ3v) is 5.11. The number of sulfonamides is 1.